The van der Waals surface area contributed by atoms with Crippen LogP contribution in [0.15, 0.2) is 12.1 Å². The molecule has 4 heteroatoms. The third kappa shape index (κ3) is 3.00. The molecule has 1 saturated carbocycles. The zero-order valence-corrected chi connectivity index (χ0v) is 11.5. The number of ether oxygens (including phenoxy) is 2. The van der Waals surface area contributed by atoms with Crippen molar-refractivity contribution in [3.63, 3.8) is 0 Å². The van der Waals surface area contributed by atoms with Crippen LogP contribution in [-0.2, 0) is 0 Å². The highest BCUT2D eigenvalue weighted by atomic mass is 19.1. The second-order valence-corrected chi connectivity index (χ2v) is 5.07. The molecule has 0 aliphatic heterocycles. The highest BCUT2D eigenvalue weighted by Crippen LogP contribution is 2.39. The number of halogens is 1. The third-order valence-electron chi connectivity index (χ3n) is 3.92. The molecule has 1 fully saturated rings. The molecule has 106 valence electrons. The summed E-state index contributed by atoms with van der Waals surface area (Å²) in [6.45, 7) is 0. The van der Waals surface area contributed by atoms with E-state index in [9.17, 15) is 9.50 Å². The van der Waals surface area contributed by atoms with Gasteiger partial charge in [-0.15, -0.1) is 0 Å². The zero-order chi connectivity index (χ0) is 13.8. The van der Waals surface area contributed by atoms with Gasteiger partial charge in [-0.25, -0.2) is 4.39 Å². The van der Waals surface area contributed by atoms with Crippen molar-refractivity contribution in [3.05, 3.63) is 23.5 Å². The fourth-order valence-electron chi connectivity index (χ4n) is 2.80. The minimum absolute atomic E-state index is 0.140. The van der Waals surface area contributed by atoms with Crippen LogP contribution in [0.4, 0.5) is 4.39 Å². The monoisotopic (exact) mass is 268 g/mol. The van der Waals surface area contributed by atoms with Gasteiger partial charge in [0.15, 0.2) is 11.5 Å². The van der Waals surface area contributed by atoms with Crippen LogP contribution in [0.1, 0.15) is 43.8 Å². The number of hydrogen-bond donors (Lipinski definition) is 1. The molecular weight excluding hydrogens is 247 g/mol. The van der Waals surface area contributed by atoms with Gasteiger partial charge in [-0.3, -0.25) is 0 Å². The molecule has 1 aliphatic carbocycles. The maximum Gasteiger partial charge on any atom is 0.163 e. The second kappa shape index (κ2) is 6.24. The Kier molecular flexibility index (Phi) is 4.64. The molecule has 1 atom stereocenters. The van der Waals surface area contributed by atoms with Gasteiger partial charge in [0, 0.05) is 11.6 Å². The fraction of sp³-hybridized carbons (Fsp3) is 0.600. The van der Waals surface area contributed by atoms with Crippen molar-refractivity contribution < 1.29 is 19.0 Å². The molecule has 0 heterocycles. The van der Waals surface area contributed by atoms with Gasteiger partial charge in [0.1, 0.15) is 5.82 Å². The van der Waals surface area contributed by atoms with Gasteiger partial charge < -0.3 is 14.6 Å². The maximum atomic E-state index is 14.1. The number of aliphatic hydroxyl groups excluding tert-OH is 1. The number of aliphatic hydroxyl groups is 1. The van der Waals surface area contributed by atoms with Gasteiger partial charge in [0.25, 0.3) is 0 Å². The minimum Gasteiger partial charge on any atom is -0.493 e. The lowest BCUT2D eigenvalue weighted by atomic mass is 9.82. The average molecular weight is 268 g/mol. The fourth-order valence-corrected chi connectivity index (χ4v) is 2.80. The standard InChI is InChI=1S/C15H21FO3/c1-18-13-8-11(12(16)9-14(13)19-2)15(17)10-6-4-3-5-7-10/h8-10,15,17H,3-7H2,1-2H3. The molecule has 1 aliphatic rings. The summed E-state index contributed by atoms with van der Waals surface area (Å²) in [5.74, 6) is 0.505. The van der Waals surface area contributed by atoms with Crippen LogP contribution in [-0.4, -0.2) is 19.3 Å². The highest BCUT2D eigenvalue weighted by Gasteiger charge is 2.26. The molecule has 0 bridgehead atoms. The molecule has 1 N–H and O–H groups in total. The third-order valence-corrected chi connectivity index (χ3v) is 3.92. The molecule has 3 nitrogen and oxygen atoms in total. The summed E-state index contributed by atoms with van der Waals surface area (Å²) >= 11 is 0. The van der Waals surface area contributed by atoms with Gasteiger partial charge in [0.05, 0.1) is 20.3 Å². The maximum absolute atomic E-state index is 14.1. The quantitative estimate of drug-likeness (QED) is 0.909. The molecule has 0 aromatic heterocycles. The number of rotatable bonds is 4. The Hall–Kier alpha value is -1.29. The molecule has 0 radical (unpaired) electrons. The molecule has 0 saturated heterocycles. The van der Waals surface area contributed by atoms with Crippen molar-refractivity contribution >= 4 is 0 Å². The van der Waals surface area contributed by atoms with E-state index in [-0.39, 0.29) is 5.92 Å². The molecule has 1 aromatic carbocycles. The predicted octanol–water partition coefficient (Wildman–Crippen LogP) is 3.46. The Morgan fingerprint density at radius 1 is 1.11 bits per heavy atom. The Labute approximate surface area is 113 Å². The second-order valence-electron chi connectivity index (χ2n) is 5.07. The summed E-state index contributed by atoms with van der Waals surface area (Å²) in [7, 11) is 2.97. The Bertz CT molecular complexity index is 428. The van der Waals surface area contributed by atoms with Crippen LogP contribution in [0, 0.1) is 11.7 Å². The van der Waals surface area contributed by atoms with E-state index in [1.807, 2.05) is 0 Å². The largest absolute Gasteiger partial charge is 0.493 e. The molecule has 0 spiro atoms. The van der Waals surface area contributed by atoms with Crippen molar-refractivity contribution in [3.8, 4) is 11.5 Å². The summed E-state index contributed by atoms with van der Waals surface area (Å²) in [5, 5.41) is 10.4. The normalized spacial score (nSPS) is 18.1. The van der Waals surface area contributed by atoms with E-state index in [1.165, 1.54) is 26.7 Å². The van der Waals surface area contributed by atoms with Gasteiger partial charge in [0.2, 0.25) is 0 Å². The van der Waals surface area contributed by atoms with Gasteiger partial charge in [-0.05, 0) is 24.8 Å². The van der Waals surface area contributed by atoms with E-state index in [1.54, 1.807) is 6.07 Å². The van der Waals surface area contributed by atoms with Crippen LogP contribution < -0.4 is 9.47 Å². The van der Waals surface area contributed by atoms with Crippen molar-refractivity contribution in [2.75, 3.05) is 14.2 Å². The summed E-state index contributed by atoms with van der Waals surface area (Å²) in [6.07, 6.45) is 4.56. The number of methoxy groups -OCH3 is 2. The van der Waals surface area contributed by atoms with Crippen molar-refractivity contribution in [1.29, 1.82) is 0 Å². The first-order valence-electron chi connectivity index (χ1n) is 6.77. The van der Waals surface area contributed by atoms with Gasteiger partial charge >= 0.3 is 0 Å². The first-order valence-corrected chi connectivity index (χ1v) is 6.77. The smallest absolute Gasteiger partial charge is 0.163 e. The summed E-state index contributed by atoms with van der Waals surface area (Å²) in [6, 6.07) is 2.83. The van der Waals surface area contributed by atoms with Crippen molar-refractivity contribution in [2.45, 2.75) is 38.2 Å². The molecule has 1 unspecified atom stereocenters. The lowest BCUT2D eigenvalue weighted by Gasteiger charge is -2.27. The lowest BCUT2D eigenvalue weighted by Crippen LogP contribution is -2.17. The average Bonchev–Trinajstić information content (AvgIpc) is 2.47. The van der Waals surface area contributed by atoms with Crippen LogP contribution in [0.3, 0.4) is 0 Å². The van der Waals surface area contributed by atoms with Gasteiger partial charge in [-0.2, -0.15) is 0 Å². The number of benzene rings is 1. The minimum atomic E-state index is -0.764. The van der Waals surface area contributed by atoms with Crippen LogP contribution in [0.25, 0.3) is 0 Å². The molecule has 19 heavy (non-hydrogen) atoms. The van der Waals surface area contributed by atoms with E-state index in [0.717, 1.165) is 25.7 Å². The Morgan fingerprint density at radius 2 is 1.68 bits per heavy atom. The Balaban J connectivity index is 2.27. The molecular formula is C15H21FO3. The predicted molar refractivity (Wildman–Crippen MR) is 71.0 cm³/mol. The topological polar surface area (TPSA) is 38.7 Å². The molecule has 0 amide bonds. The Morgan fingerprint density at radius 3 is 2.26 bits per heavy atom. The molecule has 2 rings (SSSR count). The van der Waals surface area contributed by atoms with E-state index < -0.39 is 11.9 Å². The van der Waals surface area contributed by atoms with E-state index >= 15 is 0 Å². The van der Waals surface area contributed by atoms with E-state index in [2.05, 4.69) is 0 Å². The summed E-state index contributed by atoms with van der Waals surface area (Å²) in [4.78, 5) is 0. The highest BCUT2D eigenvalue weighted by molar-refractivity contribution is 5.44. The lowest BCUT2D eigenvalue weighted by molar-refractivity contribution is 0.0813. The van der Waals surface area contributed by atoms with Crippen molar-refractivity contribution in [2.24, 2.45) is 5.92 Å². The van der Waals surface area contributed by atoms with E-state index in [4.69, 9.17) is 9.47 Å². The van der Waals surface area contributed by atoms with Crippen molar-refractivity contribution in [1.82, 2.24) is 0 Å². The SMILES string of the molecule is COc1cc(F)c(C(O)C2CCCCC2)cc1OC. The number of hydrogen-bond acceptors (Lipinski definition) is 3. The summed E-state index contributed by atoms with van der Waals surface area (Å²) in [5.41, 5.74) is 0.310. The van der Waals surface area contributed by atoms with Crippen LogP contribution in [0.2, 0.25) is 0 Å². The van der Waals surface area contributed by atoms with Gasteiger partial charge in [-0.1, -0.05) is 19.3 Å². The van der Waals surface area contributed by atoms with Crippen LogP contribution in [0.5, 0.6) is 11.5 Å². The van der Waals surface area contributed by atoms with Crippen LogP contribution >= 0.6 is 0 Å². The zero-order valence-electron chi connectivity index (χ0n) is 11.5. The first-order chi connectivity index (χ1) is 9.17. The van der Waals surface area contributed by atoms with E-state index in [0.29, 0.717) is 17.1 Å². The first kappa shape index (κ1) is 14.1. The summed E-state index contributed by atoms with van der Waals surface area (Å²) < 4.78 is 24.3. The molecule has 1 aromatic rings.